The van der Waals surface area contributed by atoms with E-state index in [1.807, 2.05) is 0 Å². The molecule has 0 aliphatic rings. The zero-order chi connectivity index (χ0) is 14.7. The minimum Gasteiger partial charge on any atom is -0.392 e. The first kappa shape index (κ1) is 13.8. The molecule has 2 N–H and O–H groups in total. The summed E-state index contributed by atoms with van der Waals surface area (Å²) in [6.07, 6.45) is 1.28. The molecule has 0 atom stereocenters. The monoisotopic (exact) mass is 275 g/mol. The summed E-state index contributed by atoms with van der Waals surface area (Å²) in [7, 11) is 1.57. The fourth-order valence-electron chi connectivity index (χ4n) is 1.76. The van der Waals surface area contributed by atoms with Crippen LogP contribution < -0.4 is 5.32 Å². The third-order valence-corrected chi connectivity index (χ3v) is 2.83. The molecule has 0 aliphatic carbocycles. The Labute approximate surface area is 114 Å². The Bertz CT molecular complexity index is 646. The number of hydrogen-bond acceptors (Lipinski definition) is 4. The van der Waals surface area contributed by atoms with Gasteiger partial charge in [-0.25, -0.2) is 0 Å². The summed E-state index contributed by atoms with van der Waals surface area (Å²) in [5.41, 5.74) is 1.35. The van der Waals surface area contributed by atoms with E-state index in [0.717, 1.165) is 5.56 Å². The highest BCUT2D eigenvalue weighted by atomic mass is 16.6. The topological polar surface area (TPSA) is 97.4 Å². The van der Waals surface area contributed by atoms with Crippen LogP contribution in [0.1, 0.15) is 16.1 Å². The van der Waals surface area contributed by atoms with Crippen molar-refractivity contribution < 1.29 is 14.8 Å². The lowest BCUT2D eigenvalue weighted by molar-refractivity contribution is -0.384. The van der Waals surface area contributed by atoms with E-state index in [4.69, 9.17) is 5.11 Å². The van der Waals surface area contributed by atoms with Crippen LogP contribution in [-0.2, 0) is 13.7 Å². The van der Waals surface area contributed by atoms with Gasteiger partial charge in [0.05, 0.1) is 17.7 Å². The molecular weight excluding hydrogens is 262 g/mol. The highest BCUT2D eigenvalue weighted by Crippen LogP contribution is 2.17. The van der Waals surface area contributed by atoms with Crippen molar-refractivity contribution in [2.24, 2.45) is 7.05 Å². The number of anilines is 1. The number of aryl methyl sites for hydroxylation is 1. The Morgan fingerprint density at radius 1 is 1.40 bits per heavy atom. The lowest BCUT2D eigenvalue weighted by Crippen LogP contribution is -2.15. The van der Waals surface area contributed by atoms with E-state index in [9.17, 15) is 14.9 Å². The molecule has 0 saturated heterocycles. The standard InChI is InChI=1S/C13H13N3O4/c1-15-7-11(16(19)20)6-12(15)13(18)14-10-4-2-9(8-17)3-5-10/h2-7,17H,8H2,1H3,(H,14,18). The van der Waals surface area contributed by atoms with Gasteiger partial charge in [0.2, 0.25) is 0 Å². The molecule has 2 aromatic rings. The van der Waals surface area contributed by atoms with Crippen LogP contribution in [0, 0.1) is 10.1 Å². The largest absolute Gasteiger partial charge is 0.392 e. The second-order valence-corrected chi connectivity index (χ2v) is 4.26. The molecule has 7 nitrogen and oxygen atoms in total. The molecule has 1 aromatic heterocycles. The van der Waals surface area contributed by atoms with Gasteiger partial charge >= 0.3 is 0 Å². The number of nitrogens with one attached hydrogen (secondary N) is 1. The van der Waals surface area contributed by atoms with Crippen LogP contribution in [-0.4, -0.2) is 20.5 Å². The maximum Gasteiger partial charge on any atom is 0.287 e. The van der Waals surface area contributed by atoms with Crippen LogP contribution in [0.25, 0.3) is 0 Å². The normalized spacial score (nSPS) is 10.3. The smallest absolute Gasteiger partial charge is 0.287 e. The van der Waals surface area contributed by atoms with E-state index >= 15 is 0 Å². The van der Waals surface area contributed by atoms with E-state index in [0.29, 0.717) is 5.69 Å². The molecule has 0 saturated carbocycles. The molecule has 104 valence electrons. The van der Waals surface area contributed by atoms with Crippen molar-refractivity contribution >= 4 is 17.3 Å². The van der Waals surface area contributed by atoms with Crippen LogP contribution in [0.15, 0.2) is 36.5 Å². The molecule has 2 rings (SSSR count). The first-order valence-electron chi connectivity index (χ1n) is 5.83. The SMILES string of the molecule is Cn1cc([N+](=O)[O-])cc1C(=O)Nc1ccc(CO)cc1. The van der Waals surface area contributed by atoms with Gasteiger partial charge in [0.1, 0.15) is 5.69 Å². The van der Waals surface area contributed by atoms with Crippen molar-refractivity contribution in [1.82, 2.24) is 4.57 Å². The fourth-order valence-corrected chi connectivity index (χ4v) is 1.76. The Morgan fingerprint density at radius 3 is 2.55 bits per heavy atom. The first-order valence-corrected chi connectivity index (χ1v) is 5.83. The van der Waals surface area contributed by atoms with Crippen LogP contribution >= 0.6 is 0 Å². The summed E-state index contributed by atoms with van der Waals surface area (Å²) in [4.78, 5) is 22.1. The van der Waals surface area contributed by atoms with E-state index < -0.39 is 10.8 Å². The molecule has 1 amide bonds. The molecular formula is C13H13N3O4. The summed E-state index contributed by atoms with van der Waals surface area (Å²) in [5.74, 6) is -0.433. The van der Waals surface area contributed by atoms with E-state index in [2.05, 4.69) is 5.32 Å². The maximum atomic E-state index is 12.0. The first-order chi connectivity index (χ1) is 9.51. The van der Waals surface area contributed by atoms with Crippen LogP contribution in [0.4, 0.5) is 11.4 Å². The highest BCUT2D eigenvalue weighted by Gasteiger charge is 2.17. The highest BCUT2D eigenvalue weighted by molar-refractivity contribution is 6.03. The molecule has 0 fully saturated rings. The van der Waals surface area contributed by atoms with Gasteiger partial charge in [0.25, 0.3) is 11.6 Å². The van der Waals surface area contributed by atoms with Gasteiger partial charge in [-0.1, -0.05) is 12.1 Å². The van der Waals surface area contributed by atoms with Gasteiger partial charge in [0, 0.05) is 18.8 Å². The summed E-state index contributed by atoms with van der Waals surface area (Å²) < 4.78 is 1.40. The van der Waals surface area contributed by atoms with Gasteiger partial charge in [-0.15, -0.1) is 0 Å². The summed E-state index contributed by atoms with van der Waals surface area (Å²) >= 11 is 0. The quantitative estimate of drug-likeness (QED) is 0.655. The number of hydrogen-bond donors (Lipinski definition) is 2. The van der Waals surface area contributed by atoms with E-state index in [-0.39, 0.29) is 18.0 Å². The van der Waals surface area contributed by atoms with Crippen molar-refractivity contribution in [3.05, 3.63) is 57.9 Å². The number of rotatable bonds is 4. The number of aliphatic hydroxyl groups is 1. The number of benzene rings is 1. The third-order valence-electron chi connectivity index (χ3n) is 2.83. The Morgan fingerprint density at radius 2 is 2.05 bits per heavy atom. The molecule has 0 spiro atoms. The van der Waals surface area contributed by atoms with Gasteiger partial charge in [0.15, 0.2) is 0 Å². The molecule has 0 bridgehead atoms. The van der Waals surface area contributed by atoms with Crippen molar-refractivity contribution in [1.29, 1.82) is 0 Å². The van der Waals surface area contributed by atoms with E-state index in [1.54, 1.807) is 31.3 Å². The molecule has 1 aromatic carbocycles. The summed E-state index contributed by atoms with van der Waals surface area (Å²) in [5, 5.41) is 22.2. The number of nitro groups is 1. The third kappa shape index (κ3) is 2.83. The van der Waals surface area contributed by atoms with Crippen LogP contribution in [0.5, 0.6) is 0 Å². The predicted octanol–water partition coefficient (Wildman–Crippen LogP) is 1.68. The number of carbonyl (C=O) groups is 1. The van der Waals surface area contributed by atoms with Gasteiger partial charge < -0.3 is 15.0 Å². The van der Waals surface area contributed by atoms with Gasteiger partial charge in [-0.05, 0) is 17.7 Å². The summed E-state index contributed by atoms with van der Waals surface area (Å²) in [6, 6.07) is 7.89. The predicted molar refractivity (Wildman–Crippen MR) is 72.4 cm³/mol. The fraction of sp³-hybridized carbons (Fsp3) is 0.154. The van der Waals surface area contributed by atoms with Crippen molar-refractivity contribution in [3.8, 4) is 0 Å². The number of aromatic nitrogens is 1. The van der Waals surface area contributed by atoms with Crippen molar-refractivity contribution in [2.75, 3.05) is 5.32 Å². The molecule has 1 heterocycles. The van der Waals surface area contributed by atoms with Crippen molar-refractivity contribution in [3.63, 3.8) is 0 Å². The summed E-state index contributed by atoms with van der Waals surface area (Å²) in [6.45, 7) is -0.0712. The van der Waals surface area contributed by atoms with E-state index in [1.165, 1.54) is 16.8 Å². The zero-order valence-corrected chi connectivity index (χ0v) is 10.7. The van der Waals surface area contributed by atoms with Gasteiger partial charge in [-0.3, -0.25) is 14.9 Å². The molecule has 20 heavy (non-hydrogen) atoms. The number of carbonyl (C=O) groups excluding carboxylic acids is 1. The second-order valence-electron chi connectivity index (χ2n) is 4.26. The minimum atomic E-state index is -0.549. The van der Waals surface area contributed by atoms with Gasteiger partial charge in [-0.2, -0.15) is 0 Å². The average Bonchev–Trinajstić information content (AvgIpc) is 2.82. The van der Waals surface area contributed by atoms with Crippen LogP contribution in [0.2, 0.25) is 0 Å². The zero-order valence-electron chi connectivity index (χ0n) is 10.7. The average molecular weight is 275 g/mol. The lowest BCUT2D eigenvalue weighted by Gasteiger charge is -2.06. The number of aliphatic hydroxyl groups excluding tert-OH is 1. The maximum absolute atomic E-state index is 12.0. The molecule has 0 aliphatic heterocycles. The number of nitrogens with zero attached hydrogens (tertiary/aromatic N) is 2. The lowest BCUT2D eigenvalue weighted by atomic mass is 10.2. The Kier molecular flexibility index (Phi) is 3.81. The molecule has 0 unspecified atom stereocenters. The Hall–Kier alpha value is -2.67. The second kappa shape index (κ2) is 5.54. The number of amides is 1. The van der Waals surface area contributed by atoms with Crippen LogP contribution in [0.3, 0.4) is 0 Å². The van der Waals surface area contributed by atoms with Crippen molar-refractivity contribution in [2.45, 2.75) is 6.61 Å². The Balaban J connectivity index is 2.16. The molecule has 0 radical (unpaired) electrons. The minimum absolute atomic E-state index is 0.0712. The molecule has 7 heteroatoms.